The quantitative estimate of drug-likeness (QED) is 0.723. The summed E-state index contributed by atoms with van der Waals surface area (Å²) in [5.74, 6) is 0.299. The predicted molar refractivity (Wildman–Crippen MR) is 86.7 cm³/mol. The molecular weight excluding hydrogens is 280 g/mol. The fourth-order valence-corrected chi connectivity index (χ4v) is 2.96. The molecule has 0 aliphatic carbocycles. The number of thiazole rings is 1. The van der Waals surface area contributed by atoms with Crippen molar-refractivity contribution in [1.29, 1.82) is 0 Å². The average Bonchev–Trinajstić information content (AvgIpc) is 2.96. The molecule has 0 aliphatic heterocycles. The van der Waals surface area contributed by atoms with Crippen molar-refractivity contribution in [3.63, 3.8) is 0 Å². The van der Waals surface area contributed by atoms with E-state index in [1.54, 1.807) is 23.5 Å². The second-order valence-electron chi connectivity index (χ2n) is 5.02. The minimum Gasteiger partial charge on any atom is -0.508 e. The fourth-order valence-electron chi connectivity index (χ4n) is 2.34. The Morgan fingerprint density at radius 1 is 1.05 bits per heavy atom. The van der Waals surface area contributed by atoms with E-state index in [4.69, 9.17) is 5.73 Å². The topological polar surface area (TPSA) is 59.1 Å². The van der Waals surface area contributed by atoms with Crippen molar-refractivity contribution in [2.45, 2.75) is 12.8 Å². The van der Waals surface area contributed by atoms with Crippen LogP contribution in [0.2, 0.25) is 0 Å². The SMILES string of the molecule is Nc1ccc(Cc2cccc(O)c2)cc1Cc1cncs1. The van der Waals surface area contributed by atoms with Gasteiger partial charge < -0.3 is 10.8 Å². The highest BCUT2D eigenvalue weighted by Crippen LogP contribution is 2.22. The van der Waals surface area contributed by atoms with Gasteiger partial charge in [-0.3, -0.25) is 4.98 Å². The van der Waals surface area contributed by atoms with Crippen molar-refractivity contribution in [2.75, 3.05) is 5.73 Å². The molecule has 106 valence electrons. The molecule has 0 unspecified atom stereocenters. The Kier molecular flexibility index (Phi) is 3.88. The Morgan fingerprint density at radius 3 is 2.67 bits per heavy atom. The van der Waals surface area contributed by atoms with E-state index in [1.807, 2.05) is 36.0 Å². The van der Waals surface area contributed by atoms with Crippen molar-refractivity contribution in [3.8, 4) is 5.75 Å². The largest absolute Gasteiger partial charge is 0.508 e. The first-order valence-electron chi connectivity index (χ1n) is 6.73. The second-order valence-corrected chi connectivity index (χ2v) is 6.00. The Bertz CT molecular complexity index is 738. The van der Waals surface area contributed by atoms with Gasteiger partial charge >= 0.3 is 0 Å². The number of phenols is 1. The molecule has 0 fully saturated rings. The fraction of sp³-hybridized carbons (Fsp3) is 0.118. The van der Waals surface area contributed by atoms with Gasteiger partial charge in [0.05, 0.1) is 5.51 Å². The summed E-state index contributed by atoms with van der Waals surface area (Å²) in [6.45, 7) is 0. The first kappa shape index (κ1) is 13.6. The van der Waals surface area contributed by atoms with Gasteiger partial charge in [-0.1, -0.05) is 24.3 Å². The average molecular weight is 296 g/mol. The summed E-state index contributed by atoms with van der Waals surface area (Å²) >= 11 is 1.64. The zero-order chi connectivity index (χ0) is 14.7. The number of benzene rings is 2. The Labute approximate surface area is 127 Å². The van der Waals surface area contributed by atoms with Crippen LogP contribution in [0.3, 0.4) is 0 Å². The molecule has 0 spiro atoms. The van der Waals surface area contributed by atoms with E-state index in [-0.39, 0.29) is 0 Å². The first-order valence-corrected chi connectivity index (χ1v) is 7.61. The third-order valence-electron chi connectivity index (χ3n) is 3.37. The number of nitrogens with zero attached hydrogens (tertiary/aromatic N) is 1. The molecule has 21 heavy (non-hydrogen) atoms. The maximum Gasteiger partial charge on any atom is 0.115 e. The van der Waals surface area contributed by atoms with Crippen LogP contribution in [0.5, 0.6) is 5.75 Å². The first-order chi connectivity index (χ1) is 10.2. The number of nitrogen functional groups attached to an aromatic ring is 1. The van der Waals surface area contributed by atoms with E-state index < -0.39 is 0 Å². The van der Waals surface area contributed by atoms with E-state index in [1.165, 1.54) is 10.4 Å². The Hall–Kier alpha value is -2.33. The van der Waals surface area contributed by atoms with Gasteiger partial charge in [-0.25, -0.2) is 0 Å². The number of nitrogens with two attached hydrogens (primary N) is 1. The number of rotatable bonds is 4. The van der Waals surface area contributed by atoms with Gasteiger partial charge in [-0.2, -0.15) is 0 Å². The predicted octanol–water partition coefficient (Wildman–Crippen LogP) is 3.61. The Balaban J connectivity index is 1.83. The lowest BCUT2D eigenvalue weighted by molar-refractivity contribution is 0.474. The Morgan fingerprint density at radius 2 is 1.90 bits per heavy atom. The molecule has 0 bridgehead atoms. The lowest BCUT2D eigenvalue weighted by atomic mass is 10.00. The molecule has 1 heterocycles. The van der Waals surface area contributed by atoms with Gasteiger partial charge in [0.25, 0.3) is 0 Å². The van der Waals surface area contributed by atoms with Crippen LogP contribution in [0.15, 0.2) is 54.2 Å². The number of phenolic OH excluding ortho intramolecular Hbond substituents is 1. The van der Waals surface area contributed by atoms with Gasteiger partial charge in [0.2, 0.25) is 0 Å². The molecule has 3 N–H and O–H groups in total. The van der Waals surface area contributed by atoms with Crippen LogP contribution < -0.4 is 5.73 Å². The zero-order valence-corrected chi connectivity index (χ0v) is 12.3. The van der Waals surface area contributed by atoms with E-state index in [2.05, 4.69) is 11.1 Å². The third kappa shape index (κ3) is 3.41. The summed E-state index contributed by atoms with van der Waals surface area (Å²) in [7, 11) is 0. The normalized spacial score (nSPS) is 10.7. The van der Waals surface area contributed by atoms with E-state index in [0.717, 1.165) is 29.7 Å². The number of aromatic hydroxyl groups is 1. The lowest BCUT2D eigenvalue weighted by Crippen LogP contribution is -1.97. The maximum absolute atomic E-state index is 9.54. The van der Waals surface area contributed by atoms with E-state index in [9.17, 15) is 5.11 Å². The maximum atomic E-state index is 9.54. The summed E-state index contributed by atoms with van der Waals surface area (Å²) in [4.78, 5) is 5.30. The highest BCUT2D eigenvalue weighted by molar-refractivity contribution is 7.09. The van der Waals surface area contributed by atoms with Crippen molar-refractivity contribution in [1.82, 2.24) is 4.98 Å². The van der Waals surface area contributed by atoms with Gasteiger partial charge in [0.1, 0.15) is 5.75 Å². The van der Waals surface area contributed by atoms with Crippen molar-refractivity contribution >= 4 is 17.0 Å². The van der Waals surface area contributed by atoms with Crippen molar-refractivity contribution in [2.24, 2.45) is 0 Å². The zero-order valence-electron chi connectivity index (χ0n) is 11.5. The molecule has 3 rings (SSSR count). The molecule has 0 aliphatic rings. The molecule has 3 nitrogen and oxygen atoms in total. The number of hydrogen-bond donors (Lipinski definition) is 2. The highest BCUT2D eigenvalue weighted by atomic mass is 32.1. The van der Waals surface area contributed by atoms with Gasteiger partial charge in [-0.05, 0) is 41.3 Å². The molecule has 0 saturated carbocycles. The van der Waals surface area contributed by atoms with Crippen LogP contribution in [-0.2, 0) is 12.8 Å². The molecule has 1 aromatic heterocycles. The summed E-state index contributed by atoms with van der Waals surface area (Å²) in [5.41, 5.74) is 12.1. The number of anilines is 1. The van der Waals surface area contributed by atoms with E-state index in [0.29, 0.717) is 5.75 Å². The standard InChI is InChI=1S/C17H16N2OS/c18-17-5-4-13(6-12-2-1-3-15(20)8-12)7-14(17)9-16-10-19-11-21-16/h1-5,7-8,10-11,20H,6,9,18H2. The molecule has 0 atom stereocenters. The second kappa shape index (κ2) is 5.97. The molecule has 0 radical (unpaired) electrons. The monoisotopic (exact) mass is 296 g/mol. The van der Waals surface area contributed by atoms with Crippen LogP contribution in [0.4, 0.5) is 5.69 Å². The number of aromatic nitrogens is 1. The molecular formula is C17H16N2OS. The summed E-state index contributed by atoms with van der Waals surface area (Å²) in [6.07, 6.45) is 3.47. The van der Waals surface area contributed by atoms with Crippen molar-refractivity contribution in [3.05, 3.63) is 75.7 Å². The molecule has 0 amide bonds. The lowest BCUT2D eigenvalue weighted by Gasteiger charge is -2.08. The highest BCUT2D eigenvalue weighted by Gasteiger charge is 2.05. The van der Waals surface area contributed by atoms with Crippen LogP contribution >= 0.6 is 11.3 Å². The van der Waals surface area contributed by atoms with Crippen LogP contribution in [0.25, 0.3) is 0 Å². The molecule has 0 saturated heterocycles. The summed E-state index contributed by atoms with van der Waals surface area (Å²) in [5, 5.41) is 9.54. The summed E-state index contributed by atoms with van der Waals surface area (Å²) in [6, 6.07) is 13.5. The van der Waals surface area contributed by atoms with Crippen LogP contribution in [-0.4, -0.2) is 10.1 Å². The molecule has 4 heteroatoms. The van der Waals surface area contributed by atoms with Gasteiger partial charge in [-0.15, -0.1) is 11.3 Å². The number of hydrogen-bond acceptors (Lipinski definition) is 4. The van der Waals surface area contributed by atoms with Crippen molar-refractivity contribution < 1.29 is 5.11 Å². The minimum atomic E-state index is 0.299. The van der Waals surface area contributed by atoms with Gasteiger partial charge in [0.15, 0.2) is 0 Å². The van der Waals surface area contributed by atoms with Crippen LogP contribution in [0, 0.1) is 0 Å². The minimum absolute atomic E-state index is 0.299. The molecule has 3 aromatic rings. The molecule has 2 aromatic carbocycles. The van der Waals surface area contributed by atoms with Crippen LogP contribution in [0.1, 0.15) is 21.6 Å². The van der Waals surface area contributed by atoms with E-state index >= 15 is 0 Å². The third-order valence-corrected chi connectivity index (χ3v) is 4.15. The smallest absolute Gasteiger partial charge is 0.115 e. The summed E-state index contributed by atoms with van der Waals surface area (Å²) < 4.78 is 0. The van der Waals surface area contributed by atoms with Gasteiger partial charge in [0, 0.05) is 23.2 Å².